The van der Waals surface area contributed by atoms with E-state index in [1.54, 1.807) is 24.4 Å². The van der Waals surface area contributed by atoms with Gasteiger partial charge in [0.2, 0.25) is 15.9 Å². The fraction of sp³-hybridized carbons (Fsp3) is 0.407. The number of hydrogen-bond acceptors (Lipinski definition) is 5. The number of amides is 1. The van der Waals surface area contributed by atoms with Gasteiger partial charge in [0.25, 0.3) is 0 Å². The van der Waals surface area contributed by atoms with Crippen LogP contribution in [0.4, 0.5) is 5.69 Å². The van der Waals surface area contributed by atoms with Gasteiger partial charge in [-0.05, 0) is 56.5 Å². The zero-order valence-corrected chi connectivity index (χ0v) is 21.1. The molecule has 0 saturated carbocycles. The number of fused-ring (bicyclic) bond motifs is 1. The van der Waals surface area contributed by atoms with E-state index < -0.39 is 10.0 Å². The summed E-state index contributed by atoms with van der Waals surface area (Å²) in [6, 6.07) is 17.6. The Kier molecular flexibility index (Phi) is 6.51. The first-order chi connectivity index (χ1) is 16.8. The van der Waals surface area contributed by atoms with Crippen molar-refractivity contribution in [1.29, 1.82) is 0 Å². The highest BCUT2D eigenvalue weighted by atomic mass is 32.2. The fourth-order valence-corrected chi connectivity index (χ4v) is 7.01. The Labute approximate surface area is 207 Å². The zero-order chi connectivity index (χ0) is 24.6. The van der Waals surface area contributed by atoms with Crippen LogP contribution in [-0.2, 0) is 14.8 Å². The number of aryl methyl sites for hydroxylation is 1. The van der Waals surface area contributed by atoms with Crippen LogP contribution < -0.4 is 4.90 Å². The molecule has 7 nitrogen and oxygen atoms in total. The molecule has 2 aromatic carbocycles. The topological polar surface area (TPSA) is 73.8 Å². The average Bonchev–Trinajstić information content (AvgIpc) is 2.88. The first kappa shape index (κ1) is 23.8. The van der Waals surface area contributed by atoms with Gasteiger partial charge in [0, 0.05) is 62.0 Å². The lowest BCUT2D eigenvalue weighted by atomic mass is 9.95. The van der Waals surface area contributed by atoms with E-state index in [4.69, 9.17) is 0 Å². The SMILES string of the molecule is Cc1cccc(N2CCN(C(=O)C3CCN(S(=O)(=O)c4cccc5cccnc45)CC3)C[C@H]2C)c1. The number of pyridine rings is 1. The Morgan fingerprint density at radius 1 is 0.971 bits per heavy atom. The largest absolute Gasteiger partial charge is 0.365 e. The van der Waals surface area contributed by atoms with Crippen molar-refractivity contribution in [2.75, 3.05) is 37.6 Å². The molecule has 1 aromatic heterocycles. The van der Waals surface area contributed by atoms with Gasteiger partial charge in [-0.2, -0.15) is 4.31 Å². The van der Waals surface area contributed by atoms with Crippen molar-refractivity contribution in [3.8, 4) is 0 Å². The van der Waals surface area contributed by atoms with Crippen molar-refractivity contribution < 1.29 is 13.2 Å². The maximum Gasteiger partial charge on any atom is 0.245 e. The van der Waals surface area contributed by atoms with Gasteiger partial charge in [-0.25, -0.2) is 8.42 Å². The quantitative estimate of drug-likeness (QED) is 0.556. The molecule has 1 atom stereocenters. The lowest BCUT2D eigenvalue weighted by Crippen LogP contribution is -2.55. The Balaban J connectivity index is 1.22. The molecule has 1 amide bonds. The highest BCUT2D eigenvalue weighted by Crippen LogP contribution is 2.29. The van der Waals surface area contributed by atoms with Gasteiger partial charge in [0.1, 0.15) is 4.90 Å². The molecule has 2 fully saturated rings. The molecule has 3 heterocycles. The van der Waals surface area contributed by atoms with Crippen molar-refractivity contribution in [2.24, 2.45) is 5.92 Å². The van der Waals surface area contributed by atoms with Crippen LogP contribution in [0.25, 0.3) is 10.9 Å². The summed E-state index contributed by atoms with van der Waals surface area (Å²) in [5, 5.41) is 0.803. The first-order valence-corrected chi connectivity index (χ1v) is 13.7. The molecular formula is C27H32N4O3S. The summed E-state index contributed by atoms with van der Waals surface area (Å²) in [7, 11) is -3.67. The van der Waals surface area contributed by atoms with Crippen LogP contribution in [0.5, 0.6) is 0 Å². The Morgan fingerprint density at radius 3 is 2.46 bits per heavy atom. The zero-order valence-electron chi connectivity index (χ0n) is 20.3. The summed E-state index contributed by atoms with van der Waals surface area (Å²) in [4.78, 5) is 22.2. The highest BCUT2D eigenvalue weighted by molar-refractivity contribution is 7.89. The number of piperazine rings is 1. The first-order valence-electron chi connectivity index (χ1n) is 12.3. The summed E-state index contributed by atoms with van der Waals surface area (Å²) >= 11 is 0. The van der Waals surface area contributed by atoms with Crippen LogP contribution in [0.15, 0.2) is 65.7 Å². The van der Waals surface area contributed by atoms with Crippen molar-refractivity contribution in [1.82, 2.24) is 14.2 Å². The average molecular weight is 493 g/mol. The molecular weight excluding hydrogens is 460 g/mol. The lowest BCUT2D eigenvalue weighted by molar-refractivity contribution is -0.137. The normalized spacial score (nSPS) is 20.3. The maximum absolute atomic E-state index is 13.4. The Hall–Kier alpha value is -2.97. The number of aromatic nitrogens is 1. The smallest absolute Gasteiger partial charge is 0.245 e. The molecule has 5 rings (SSSR count). The van der Waals surface area contributed by atoms with Crippen molar-refractivity contribution in [3.63, 3.8) is 0 Å². The molecule has 184 valence electrons. The van der Waals surface area contributed by atoms with Crippen LogP contribution in [0.3, 0.4) is 0 Å². The molecule has 35 heavy (non-hydrogen) atoms. The monoisotopic (exact) mass is 492 g/mol. The van der Waals surface area contributed by atoms with E-state index >= 15 is 0 Å². The summed E-state index contributed by atoms with van der Waals surface area (Å²) < 4.78 is 28.3. The molecule has 8 heteroatoms. The second-order valence-electron chi connectivity index (χ2n) is 9.68. The minimum atomic E-state index is -3.67. The Bertz CT molecular complexity index is 1330. The number of rotatable bonds is 4. The minimum Gasteiger partial charge on any atom is -0.365 e. The molecule has 0 spiro atoms. The van der Waals surface area contributed by atoms with Gasteiger partial charge in [-0.15, -0.1) is 0 Å². The number of piperidine rings is 1. The summed E-state index contributed by atoms with van der Waals surface area (Å²) in [5.74, 6) is 0.0226. The molecule has 2 aliphatic heterocycles. The summed E-state index contributed by atoms with van der Waals surface area (Å²) in [6.45, 7) is 7.13. The molecule has 2 saturated heterocycles. The standard InChI is InChI=1S/C27H32N4O3S/c1-20-6-3-9-24(18-20)31-17-16-29(19-21(31)2)27(32)23-11-14-30(15-12-23)35(33,34)25-10-4-7-22-8-5-13-28-26(22)25/h3-10,13,18,21,23H,11-12,14-17,19H2,1-2H3/t21-/m1/s1. The van der Waals surface area contributed by atoms with Gasteiger partial charge in [0.15, 0.2) is 0 Å². The van der Waals surface area contributed by atoms with Crippen LogP contribution in [0.1, 0.15) is 25.3 Å². The third-order valence-corrected chi connectivity index (χ3v) is 9.22. The molecule has 0 aliphatic carbocycles. The number of hydrogen-bond donors (Lipinski definition) is 0. The number of nitrogens with zero attached hydrogens (tertiary/aromatic N) is 4. The van der Waals surface area contributed by atoms with Gasteiger partial charge in [-0.3, -0.25) is 9.78 Å². The van der Waals surface area contributed by atoms with E-state index in [1.165, 1.54) is 15.6 Å². The lowest BCUT2D eigenvalue weighted by Gasteiger charge is -2.43. The molecule has 2 aliphatic rings. The van der Waals surface area contributed by atoms with Crippen molar-refractivity contribution >= 4 is 32.5 Å². The summed E-state index contributed by atoms with van der Waals surface area (Å²) in [5.41, 5.74) is 2.92. The van der Waals surface area contributed by atoms with Crippen LogP contribution in [-0.4, -0.2) is 67.3 Å². The van der Waals surface area contributed by atoms with Crippen LogP contribution in [0, 0.1) is 12.8 Å². The van der Waals surface area contributed by atoms with Crippen LogP contribution in [0.2, 0.25) is 0 Å². The third-order valence-electron chi connectivity index (χ3n) is 7.29. The van der Waals surface area contributed by atoms with Gasteiger partial charge in [-0.1, -0.05) is 30.3 Å². The van der Waals surface area contributed by atoms with Crippen molar-refractivity contribution in [3.05, 3.63) is 66.4 Å². The molecule has 3 aromatic rings. The predicted molar refractivity (Wildman–Crippen MR) is 138 cm³/mol. The predicted octanol–water partition coefficient (Wildman–Crippen LogP) is 3.68. The number of benzene rings is 2. The van der Waals surface area contributed by atoms with Gasteiger partial charge < -0.3 is 9.80 Å². The number of carbonyl (C=O) groups is 1. The second kappa shape index (κ2) is 9.59. The molecule has 0 radical (unpaired) electrons. The fourth-order valence-electron chi connectivity index (χ4n) is 5.37. The van der Waals surface area contributed by atoms with E-state index in [-0.39, 0.29) is 22.8 Å². The molecule has 0 N–H and O–H groups in total. The van der Waals surface area contributed by atoms with Gasteiger partial charge in [0.05, 0.1) is 5.52 Å². The minimum absolute atomic E-state index is 0.134. The second-order valence-corrected chi connectivity index (χ2v) is 11.6. The maximum atomic E-state index is 13.4. The van der Waals surface area contributed by atoms with Crippen molar-refractivity contribution in [2.45, 2.75) is 37.6 Å². The molecule has 0 bridgehead atoms. The van der Waals surface area contributed by atoms with E-state index in [1.807, 2.05) is 17.0 Å². The van der Waals surface area contributed by atoms with Gasteiger partial charge >= 0.3 is 0 Å². The third kappa shape index (κ3) is 4.65. The number of sulfonamides is 1. The number of carbonyl (C=O) groups excluding carboxylic acids is 1. The summed E-state index contributed by atoms with van der Waals surface area (Å²) in [6.07, 6.45) is 2.71. The van der Waals surface area contributed by atoms with Crippen LogP contribution >= 0.6 is 0 Å². The van der Waals surface area contributed by atoms with E-state index in [2.05, 4.69) is 48.0 Å². The Morgan fingerprint density at radius 2 is 1.71 bits per heavy atom. The van der Waals surface area contributed by atoms with E-state index in [9.17, 15) is 13.2 Å². The van der Waals surface area contributed by atoms with E-state index in [0.717, 1.165) is 11.9 Å². The number of para-hydroxylation sites is 1. The molecule has 0 unspecified atom stereocenters. The number of anilines is 1. The van der Waals surface area contributed by atoms with E-state index in [0.29, 0.717) is 44.5 Å². The highest BCUT2D eigenvalue weighted by Gasteiger charge is 2.36.